The lowest BCUT2D eigenvalue weighted by molar-refractivity contribution is 0.0729. The van der Waals surface area contributed by atoms with Crippen LogP contribution in [0.4, 0.5) is 0 Å². The van der Waals surface area contributed by atoms with Crippen LogP contribution in [0.1, 0.15) is 25.7 Å². The van der Waals surface area contributed by atoms with Crippen molar-refractivity contribution in [2.45, 2.75) is 25.7 Å². The Morgan fingerprint density at radius 3 is 2.12 bits per heavy atom. The van der Waals surface area contributed by atoms with Gasteiger partial charge in [-0.2, -0.15) is 0 Å². The molecule has 0 N–H and O–H groups in total. The molecule has 2 bridgehead atoms. The molecular weight excluding hydrogens is 96.1 g/mol. The van der Waals surface area contributed by atoms with Crippen LogP contribution in [0, 0.1) is 24.7 Å². The van der Waals surface area contributed by atoms with Gasteiger partial charge in [0.2, 0.25) is 0 Å². The van der Waals surface area contributed by atoms with Gasteiger partial charge in [-0.3, -0.25) is 0 Å². The maximum atomic E-state index is 4.12. The van der Waals surface area contributed by atoms with E-state index in [9.17, 15) is 0 Å². The predicted molar refractivity (Wildman–Crippen MR) is 34.3 cm³/mol. The molecule has 3 aliphatic carbocycles. The summed E-state index contributed by atoms with van der Waals surface area (Å²) in [6, 6.07) is 0. The van der Waals surface area contributed by atoms with Gasteiger partial charge in [-0.15, -0.1) is 0 Å². The molecule has 8 heavy (non-hydrogen) atoms. The average molecular weight is 109 g/mol. The van der Waals surface area contributed by atoms with Crippen LogP contribution in [0.5, 0.6) is 0 Å². The lowest BCUT2D eigenvalue weighted by atomic mass is 9.61. The van der Waals surface area contributed by atoms with E-state index in [1.807, 2.05) is 0 Å². The van der Waals surface area contributed by atoms with Gasteiger partial charge < -0.3 is 0 Å². The molecule has 0 amide bonds. The van der Waals surface area contributed by atoms with Crippen LogP contribution in [0.3, 0.4) is 0 Å². The molecule has 0 aliphatic heterocycles. The molecule has 0 aromatic rings. The molecular formula is C8H13. The van der Waals surface area contributed by atoms with Gasteiger partial charge in [-0.1, -0.05) is 6.42 Å². The van der Waals surface area contributed by atoms with Gasteiger partial charge in [0, 0.05) is 0 Å². The molecule has 0 aromatic heterocycles. The second-order valence-corrected chi connectivity index (χ2v) is 3.43. The van der Waals surface area contributed by atoms with Crippen LogP contribution in [-0.2, 0) is 0 Å². The highest BCUT2D eigenvalue weighted by molar-refractivity contribution is 4.90. The summed E-state index contributed by atoms with van der Waals surface area (Å²) in [5.74, 6) is 2.98. The Bertz CT molecular complexity index is 84.7. The van der Waals surface area contributed by atoms with Crippen molar-refractivity contribution >= 4 is 0 Å². The maximum absolute atomic E-state index is 4.12. The van der Waals surface area contributed by atoms with Crippen LogP contribution >= 0.6 is 0 Å². The highest BCUT2D eigenvalue weighted by atomic mass is 14.4. The van der Waals surface area contributed by atoms with Gasteiger partial charge >= 0.3 is 0 Å². The molecule has 0 aromatic carbocycles. The monoisotopic (exact) mass is 109 g/mol. The first-order chi connectivity index (χ1) is 3.86. The van der Waals surface area contributed by atoms with Gasteiger partial charge in [-0.25, -0.2) is 0 Å². The smallest absolute Gasteiger partial charge is 0.0381 e. The summed E-state index contributed by atoms with van der Waals surface area (Å²) in [5, 5.41) is 0. The summed E-state index contributed by atoms with van der Waals surface area (Å²) in [7, 11) is 0. The zero-order chi connectivity index (χ0) is 5.56. The van der Waals surface area contributed by atoms with E-state index in [2.05, 4.69) is 6.92 Å². The van der Waals surface area contributed by atoms with Crippen molar-refractivity contribution in [1.29, 1.82) is 0 Å². The Kier molecular flexibility index (Phi) is 0.902. The standard InChI is InChI=1S/C8H13/c1-6-2-3-7-4-8(6)5-7/h6-8H,1-5H2. The fraction of sp³-hybridized carbons (Fsp3) is 0.875. The van der Waals surface area contributed by atoms with Gasteiger partial charge in [0.15, 0.2) is 0 Å². The van der Waals surface area contributed by atoms with E-state index in [0.717, 1.165) is 17.8 Å². The van der Waals surface area contributed by atoms with E-state index < -0.39 is 0 Å². The zero-order valence-corrected chi connectivity index (χ0v) is 5.27. The Labute approximate surface area is 51.3 Å². The molecule has 0 heteroatoms. The summed E-state index contributed by atoms with van der Waals surface area (Å²) >= 11 is 0. The van der Waals surface area contributed by atoms with E-state index >= 15 is 0 Å². The molecule has 0 nitrogen and oxygen atoms in total. The summed E-state index contributed by atoms with van der Waals surface area (Å²) in [6.45, 7) is 4.12. The second-order valence-electron chi connectivity index (χ2n) is 3.43. The van der Waals surface area contributed by atoms with Crippen molar-refractivity contribution in [2.75, 3.05) is 0 Å². The Morgan fingerprint density at radius 2 is 1.88 bits per heavy atom. The third-order valence-corrected chi connectivity index (χ3v) is 2.88. The van der Waals surface area contributed by atoms with E-state index in [0.29, 0.717) is 0 Å². The average Bonchev–Trinajstić information content (AvgIpc) is 1.62. The minimum absolute atomic E-state index is 0.819. The normalized spacial score (nSPS) is 52.9. The molecule has 3 aliphatic rings. The topological polar surface area (TPSA) is 0 Å². The first kappa shape index (κ1) is 4.84. The summed E-state index contributed by atoms with van der Waals surface area (Å²) in [6.07, 6.45) is 5.91. The summed E-state index contributed by atoms with van der Waals surface area (Å²) in [4.78, 5) is 0. The molecule has 1 atom stereocenters. The SMILES string of the molecule is [CH2]C1CCC2CC1C2. The summed E-state index contributed by atoms with van der Waals surface area (Å²) in [5.41, 5.74) is 0. The first-order valence-electron chi connectivity index (χ1n) is 3.69. The van der Waals surface area contributed by atoms with Crippen LogP contribution in [0.15, 0.2) is 0 Å². The van der Waals surface area contributed by atoms with Crippen LogP contribution in [0.2, 0.25) is 0 Å². The summed E-state index contributed by atoms with van der Waals surface area (Å²) < 4.78 is 0. The van der Waals surface area contributed by atoms with Gasteiger partial charge in [0.05, 0.1) is 0 Å². The predicted octanol–water partition coefficient (Wildman–Crippen LogP) is 2.26. The lowest BCUT2D eigenvalue weighted by Gasteiger charge is -2.45. The van der Waals surface area contributed by atoms with Crippen LogP contribution < -0.4 is 0 Å². The number of rotatable bonds is 0. The molecule has 45 valence electrons. The van der Waals surface area contributed by atoms with E-state index in [-0.39, 0.29) is 0 Å². The maximum Gasteiger partial charge on any atom is -0.0381 e. The lowest BCUT2D eigenvalue weighted by Crippen LogP contribution is -2.34. The number of fused-ring (bicyclic) bond motifs is 2. The highest BCUT2D eigenvalue weighted by Gasteiger charge is 2.37. The molecule has 0 spiro atoms. The van der Waals surface area contributed by atoms with Crippen molar-refractivity contribution in [1.82, 2.24) is 0 Å². The number of hydrogen-bond acceptors (Lipinski definition) is 0. The zero-order valence-electron chi connectivity index (χ0n) is 5.27. The molecule has 3 saturated carbocycles. The molecule has 0 heterocycles. The second kappa shape index (κ2) is 1.49. The van der Waals surface area contributed by atoms with E-state index in [1.165, 1.54) is 25.7 Å². The first-order valence-corrected chi connectivity index (χ1v) is 3.69. The molecule has 1 unspecified atom stereocenters. The van der Waals surface area contributed by atoms with Crippen molar-refractivity contribution in [3.05, 3.63) is 6.92 Å². The Morgan fingerprint density at radius 1 is 1.12 bits per heavy atom. The minimum Gasteiger partial charge on any atom is -0.0502 e. The van der Waals surface area contributed by atoms with Crippen molar-refractivity contribution < 1.29 is 0 Å². The van der Waals surface area contributed by atoms with E-state index in [4.69, 9.17) is 0 Å². The molecule has 3 rings (SSSR count). The van der Waals surface area contributed by atoms with Crippen molar-refractivity contribution in [2.24, 2.45) is 17.8 Å². The van der Waals surface area contributed by atoms with Gasteiger partial charge in [0.25, 0.3) is 0 Å². The van der Waals surface area contributed by atoms with Gasteiger partial charge in [0.1, 0.15) is 0 Å². The van der Waals surface area contributed by atoms with Crippen LogP contribution in [-0.4, -0.2) is 0 Å². The van der Waals surface area contributed by atoms with E-state index in [1.54, 1.807) is 0 Å². The fourth-order valence-corrected chi connectivity index (χ4v) is 2.09. The van der Waals surface area contributed by atoms with Gasteiger partial charge in [-0.05, 0) is 43.9 Å². The minimum atomic E-state index is 0.819. The third kappa shape index (κ3) is 0.519. The molecule has 0 saturated heterocycles. The Balaban J connectivity index is 2.01. The number of hydrogen-bond donors (Lipinski definition) is 0. The Hall–Kier alpha value is 0. The van der Waals surface area contributed by atoms with Crippen LogP contribution in [0.25, 0.3) is 0 Å². The fourth-order valence-electron chi connectivity index (χ4n) is 2.09. The highest BCUT2D eigenvalue weighted by Crippen LogP contribution is 2.48. The largest absolute Gasteiger partial charge is 0.0502 e. The van der Waals surface area contributed by atoms with Crippen molar-refractivity contribution in [3.63, 3.8) is 0 Å². The van der Waals surface area contributed by atoms with Crippen molar-refractivity contribution in [3.8, 4) is 0 Å². The quantitative estimate of drug-likeness (QED) is 0.447. The molecule has 3 fully saturated rings. The third-order valence-electron chi connectivity index (χ3n) is 2.88. The molecule has 1 radical (unpaired) electrons.